The van der Waals surface area contributed by atoms with Crippen LogP contribution in [-0.4, -0.2) is 33.7 Å². The van der Waals surface area contributed by atoms with Gasteiger partial charge in [-0.25, -0.2) is 9.97 Å². The molecule has 1 aromatic heterocycles. The summed E-state index contributed by atoms with van der Waals surface area (Å²) in [5.41, 5.74) is 5.33. The first-order valence-electron chi connectivity index (χ1n) is 5.20. The molecular formula is C10H14N4OS. The number of carbonyl (C=O) groups excluding carboxylic acids is 1. The van der Waals surface area contributed by atoms with Gasteiger partial charge < -0.3 is 11.1 Å². The van der Waals surface area contributed by atoms with Crippen molar-refractivity contribution in [1.82, 2.24) is 15.3 Å². The Balaban J connectivity index is 1.83. The summed E-state index contributed by atoms with van der Waals surface area (Å²) < 4.78 is 0. The predicted molar refractivity (Wildman–Crippen MR) is 61.9 cm³/mol. The Morgan fingerprint density at radius 2 is 2.50 bits per heavy atom. The lowest BCUT2D eigenvalue weighted by atomic mass is 10.3. The largest absolute Gasteiger partial charge is 0.368 e. The van der Waals surface area contributed by atoms with Gasteiger partial charge in [0.1, 0.15) is 6.33 Å². The summed E-state index contributed by atoms with van der Waals surface area (Å²) in [6, 6.07) is 2.02. The minimum absolute atomic E-state index is 0.271. The molecular weight excluding hydrogens is 224 g/mol. The van der Waals surface area contributed by atoms with Crippen LogP contribution >= 0.6 is 11.8 Å². The number of rotatable bonds is 6. The van der Waals surface area contributed by atoms with Gasteiger partial charge in [-0.15, -0.1) is 11.8 Å². The Morgan fingerprint density at radius 3 is 3.06 bits per heavy atom. The van der Waals surface area contributed by atoms with Gasteiger partial charge in [-0.1, -0.05) is 0 Å². The lowest BCUT2D eigenvalue weighted by Gasteiger charge is -2.13. The van der Waals surface area contributed by atoms with E-state index in [4.69, 9.17) is 5.73 Å². The molecule has 16 heavy (non-hydrogen) atoms. The summed E-state index contributed by atoms with van der Waals surface area (Å²) in [7, 11) is 0. The third-order valence-electron chi connectivity index (χ3n) is 2.31. The summed E-state index contributed by atoms with van der Waals surface area (Å²) >= 11 is 1.51. The molecule has 1 aromatic rings. The molecule has 1 aliphatic rings. The minimum atomic E-state index is -0.298. The Labute approximate surface area is 98.2 Å². The van der Waals surface area contributed by atoms with Gasteiger partial charge in [0, 0.05) is 18.0 Å². The number of nitrogens with zero attached hydrogens (tertiary/aromatic N) is 2. The molecule has 86 valence electrons. The predicted octanol–water partition coefficient (Wildman–Crippen LogP) is 0.175. The van der Waals surface area contributed by atoms with Crippen LogP contribution in [0.2, 0.25) is 0 Å². The monoisotopic (exact) mass is 238 g/mol. The van der Waals surface area contributed by atoms with Crippen LogP contribution in [0, 0.1) is 0 Å². The molecule has 1 amide bonds. The van der Waals surface area contributed by atoms with Gasteiger partial charge in [-0.2, -0.15) is 0 Å². The highest BCUT2D eigenvalue weighted by Gasteiger charge is 2.27. The van der Waals surface area contributed by atoms with Crippen molar-refractivity contribution in [3.63, 3.8) is 0 Å². The second-order valence-electron chi connectivity index (χ2n) is 3.75. The molecule has 5 nitrogen and oxygen atoms in total. The summed E-state index contributed by atoms with van der Waals surface area (Å²) in [6.45, 7) is 0. The number of hydrogen-bond donors (Lipinski definition) is 2. The highest BCUT2D eigenvalue weighted by Crippen LogP contribution is 2.21. The van der Waals surface area contributed by atoms with Gasteiger partial charge in [0.05, 0.1) is 11.1 Å². The third kappa shape index (κ3) is 3.46. The second kappa shape index (κ2) is 5.27. The zero-order valence-electron chi connectivity index (χ0n) is 8.80. The Bertz CT molecular complexity index is 355. The molecule has 1 aliphatic carbocycles. The maximum absolute atomic E-state index is 11.2. The zero-order valence-corrected chi connectivity index (χ0v) is 9.61. The van der Waals surface area contributed by atoms with Crippen molar-refractivity contribution >= 4 is 17.7 Å². The van der Waals surface area contributed by atoms with Gasteiger partial charge in [-0.3, -0.25) is 4.79 Å². The summed E-state index contributed by atoms with van der Waals surface area (Å²) in [4.78, 5) is 19.1. The van der Waals surface area contributed by atoms with E-state index >= 15 is 0 Å². The molecule has 0 spiro atoms. The lowest BCUT2D eigenvalue weighted by Crippen LogP contribution is -2.44. The number of primary amides is 1. The van der Waals surface area contributed by atoms with Crippen molar-refractivity contribution in [3.05, 3.63) is 18.6 Å². The van der Waals surface area contributed by atoms with Crippen molar-refractivity contribution in [1.29, 1.82) is 0 Å². The smallest absolute Gasteiger partial charge is 0.235 e. The first-order valence-corrected chi connectivity index (χ1v) is 6.18. The van der Waals surface area contributed by atoms with Crippen LogP contribution < -0.4 is 11.1 Å². The van der Waals surface area contributed by atoms with Gasteiger partial charge in [0.15, 0.2) is 0 Å². The number of carbonyl (C=O) groups is 1. The molecule has 3 N–H and O–H groups in total. The van der Waals surface area contributed by atoms with Crippen molar-refractivity contribution in [2.24, 2.45) is 5.73 Å². The molecule has 6 heteroatoms. The highest BCUT2D eigenvalue weighted by atomic mass is 32.2. The molecule has 1 saturated carbocycles. The quantitative estimate of drug-likeness (QED) is 0.545. The van der Waals surface area contributed by atoms with Gasteiger partial charge in [0.25, 0.3) is 0 Å². The topological polar surface area (TPSA) is 80.9 Å². The fraction of sp³-hybridized carbons (Fsp3) is 0.500. The molecule has 1 fully saturated rings. The lowest BCUT2D eigenvalue weighted by molar-refractivity contribution is -0.119. The number of thioether (sulfide) groups is 1. The van der Waals surface area contributed by atoms with E-state index in [1.807, 2.05) is 6.07 Å². The van der Waals surface area contributed by atoms with Crippen LogP contribution in [0.15, 0.2) is 23.6 Å². The number of nitrogens with one attached hydrogen (secondary N) is 1. The zero-order chi connectivity index (χ0) is 11.4. The number of aromatic nitrogens is 2. The minimum Gasteiger partial charge on any atom is -0.368 e. The number of nitrogens with two attached hydrogens (primary N) is 1. The Kier molecular flexibility index (Phi) is 3.74. The molecule has 1 heterocycles. The SMILES string of the molecule is NC(=O)C(CSc1ccncn1)NC1CC1. The third-order valence-corrected chi connectivity index (χ3v) is 3.35. The van der Waals surface area contributed by atoms with Crippen molar-refractivity contribution < 1.29 is 4.79 Å². The molecule has 1 unspecified atom stereocenters. The Morgan fingerprint density at radius 1 is 1.69 bits per heavy atom. The molecule has 2 rings (SSSR count). The van der Waals surface area contributed by atoms with Crippen LogP contribution in [0.4, 0.5) is 0 Å². The molecule has 0 saturated heterocycles. The van der Waals surface area contributed by atoms with Gasteiger partial charge >= 0.3 is 0 Å². The van der Waals surface area contributed by atoms with Gasteiger partial charge in [0.2, 0.25) is 5.91 Å². The summed E-state index contributed by atoms with van der Waals surface area (Å²) in [5.74, 6) is 0.316. The van der Waals surface area contributed by atoms with Crippen molar-refractivity contribution in [2.45, 2.75) is 30.0 Å². The summed E-state index contributed by atoms with van der Waals surface area (Å²) in [6.07, 6.45) is 5.46. The summed E-state index contributed by atoms with van der Waals surface area (Å²) in [5, 5.41) is 4.08. The Hall–Kier alpha value is -1.14. The van der Waals surface area contributed by atoms with Crippen LogP contribution in [0.25, 0.3) is 0 Å². The van der Waals surface area contributed by atoms with E-state index in [0.29, 0.717) is 11.8 Å². The van der Waals surface area contributed by atoms with E-state index in [1.165, 1.54) is 18.1 Å². The second-order valence-corrected chi connectivity index (χ2v) is 4.79. The maximum Gasteiger partial charge on any atom is 0.235 e. The number of amides is 1. The fourth-order valence-corrected chi connectivity index (χ4v) is 2.16. The van der Waals surface area contributed by atoms with E-state index in [2.05, 4.69) is 15.3 Å². The highest BCUT2D eigenvalue weighted by molar-refractivity contribution is 7.99. The van der Waals surface area contributed by atoms with Crippen LogP contribution in [0.3, 0.4) is 0 Å². The van der Waals surface area contributed by atoms with Crippen molar-refractivity contribution in [2.75, 3.05) is 5.75 Å². The van der Waals surface area contributed by atoms with Crippen LogP contribution in [0.5, 0.6) is 0 Å². The molecule has 0 bridgehead atoms. The van der Waals surface area contributed by atoms with E-state index in [1.54, 1.807) is 6.20 Å². The van der Waals surface area contributed by atoms with Crippen LogP contribution in [-0.2, 0) is 4.79 Å². The van der Waals surface area contributed by atoms with E-state index in [-0.39, 0.29) is 11.9 Å². The first-order chi connectivity index (χ1) is 7.75. The fourth-order valence-electron chi connectivity index (χ4n) is 1.28. The molecule has 0 aliphatic heterocycles. The normalized spacial score (nSPS) is 17.0. The first kappa shape index (κ1) is 11.3. The molecule has 1 atom stereocenters. The average Bonchev–Trinajstić information content (AvgIpc) is 3.09. The van der Waals surface area contributed by atoms with E-state index in [0.717, 1.165) is 17.9 Å². The van der Waals surface area contributed by atoms with Gasteiger partial charge in [-0.05, 0) is 18.9 Å². The average molecular weight is 238 g/mol. The molecule has 0 aromatic carbocycles. The maximum atomic E-state index is 11.2. The van der Waals surface area contributed by atoms with Crippen LogP contribution in [0.1, 0.15) is 12.8 Å². The standard InChI is InChI=1S/C10H14N4OS/c11-10(15)8(14-7-1-2-7)5-16-9-3-4-12-6-13-9/h3-4,6-8,14H,1-2,5H2,(H2,11,15). The van der Waals surface area contributed by atoms with Crippen molar-refractivity contribution in [3.8, 4) is 0 Å². The number of hydrogen-bond acceptors (Lipinski definition) is 5. The van der Waals surface area contributed by atoms with E-state index in [9.17, 15) is 4.79 Å². The molecule has 0 radical (unpaired) electrons. The van der Waals surface area contributed by atoms with E-state index < -0.39 is 0 Å².